The van der Waals surface area contributed by atoms with Crippen molar-refractivity contribution in [2.75, 3.05) is 5.32 Å². The van der Waals surface area contributed by atoms with Crippen LogP contribution in [0.4, 0.5) is 5.82 Å². The van der Waals surface area contributed by atoms with Crippen molar-refractivity contribution < 1.29 is 4.79 Å². The Morgan fingerprint density at radius 3 is 2.62 bits per heavy atom. The summed E-state index contributed by atoms with van der Waals surface area (Å²) in [4.78, 5) is 12.3. The third-order valence-corrected chi connectivity index (χ3v) is 5.46. The highest BCUT2D eigenvalue weighted by Crippen LogP contribution is 2.30. The average molecular weight is 347 g/mol. The van der Waals surface area contributed by atoms with Crippen LogP contribution in [0.25, 0.3) is 22.0 Å². The molecule has 2 N–H and O–H groups in total. The van der Waals surface area contributed by atoms with Crippen molar-refractivity contribution in [1.29, 1.82) is 0 Å². The SMILES string of the molecule is Cc1ccc(-c2ccc3c(NC(=O)CCC4CCCC4)n[nH]c3c2)cc1. The lowest BCUT2D eigenvalue weighted by molar-refractivity contribution is -0.116. The number of amides is 1. The third-order valence-electron chi connectivity index (χ3n) is 5.46. The van der Waals surface area contributed by atoms with Gasteiger partial charge in [0.15, 0.2) is 5.82 Å². The standard InChI is InChI=1S/C22H25N3O/c1-15-6-9-17(10-7-15)18-11-12-19-20(14-18)24-25-22(19)23-21(26)13-8-16-4-2-3-5-16/h6-7,9-12,14,16H,2-5,8,13H2,1H3,(H2,23,24,25,26). The van der Waals surface area contributed by atoms with Crippen molar-refractivity contribution >= 4 is 22.6 Å². The molecule has 0 bridgehead atoms. The van der Waals surface area contributed by atoms with Crippen molar-refractivity contribution in [2.45, 2.75) is 45.4 Å². The van der Waals surface area contributed by atoms with Crippen LogP contribution in [0.3, 0.4) is 0 Å². The number of aryl methyl sites for hydroxylation is 1. The van der Waals surface area contributed by atoms with E-state index >= 15 is 0 Å². The number of nitrogens with zero attached hydrogens (tertiary/aromatic N) is 1. The molecule has 0 radical (unpaired) electrons. The Morgan fingerprint density at radius 1 is 1.12 bits per heavy atom. The molecule has 0 spiro atoms. The Balaban J connectivity index is 1.46. The highest BCUT2D eigenvalue weighted by atomic mass is 16.1. The van der Waals surface area contributed by atoms with Gasteiger partial charge in [-0.1, -0.05) is 61.6 Å². The van der Waals surface area contributed by atoms with Crippen molar-refractivity contribution in [3.05, 3.63) is 48.0 Å². The van der Waals surface area contributed by atoms with Crippen LogP contribution in [-0.2, 0) is 4.79 Å². The van der Waals surface area contributed by atoms with Gasteiger partial charge in [-0.25, -0.2) is 0 Å². The summed E-state index contributed by atoms with van der Waals surface area (Å²) < 4.78 is 0. The van der Waals surface area contributed by atoms with Crippen LogP contribution in [-0.4, -0.2) is 16.1 Å². The fourth-order valence-corrected chi connectivity index (χ4v) is 3.87. The summed E-state index contributed by atoms with van der Waals surface area (Å²) in [5, 5.41) is 11.3. The molecule has 3 aromatic rings. The van der Waals surface area contributed by atoms with Crippen LogP contribution in [0.5, 0.6) is 0 Å². The monoisotopic (exact) mass is 347 g/mol. The van der Waals surface area contributed by atoms with Gasteiger partial charge in [0, 0.05) is 11.8 Å². The maximum absolute atomic E-state index is 12.3. The summed E-state index contributed by atoms with van der Waals surface area (Å²) in [7, 11) is 0. The lowest BCUT2D eigenvalue weighted by atomic mass is 10.0. The number of anilines is 1. The predicted molar refractivity (Wildman–Crippen MR) is 106 cm³/mol. The molecule has 1 aliphatic carbocycles. The minimum Gasteiger partial charge on any atom is -0.309 e. The van der Waals surface area contributed by atoms with Gasteiger partial charge >= 0.3 is 0 Å². The molecule has 0 unspecified atom stereocenters. The van der Waals surface area contributed by atoms with E-state index in [-0.39, 0.29) is 5.91 Å². The molecule has 4 rings (SSSR count). The number of benzene rings is 2. The van der Waals surface area contributed by atoms with E-state index in [1.807, 2.05) is 6.07 Å². The third kappa shape index (κ3) is 3.64. The number of rotatable bonds is 5. The second-order valence-electron chi connectivity index (χ2n) is 7.44. The lowest BCUT2D eigenvalue weighted by Crippen LogP contribution is -2.13. The normalized spacial score (nSPS) is 14.8. The number of H-pyrrole nitrogens is 1. The molecule has 1 saturated carbocycles. The zero-order chi connectivity index (χ0) is 17.9. The first-order valence-corrected chi connectivity index (χ1v) is 9.54. The number of carbonyl (C=O) groups is 1. The average Bonchev–Trinajstić information content (AvgIpc) is 3.30. The first-order valence-electron chi connectivity index (χ1n) is 9.54. The molecule has 134 valence electrons. The first kappa shape index (κ1) is 16.8. The maximum Gasteiger partial charge on any atom is 0.225 e. The highest BCUT2D eigenvalue weighted by Gasteiger charge is 2.17. The van der Waals surface area contributed by atoms with Crippen LogP contribution in [0.2, 0.25) is 0 Å². The van der Waals surface area contributed by atoms with E-state index in [2.05, 4.69) is 58.8 Å². The summed E-state index contributed by atoms with van der Waals surface area (Å²) in [6, 6.07) is 14.7. The van der Waals surface area contributed by atoms with Gasteiger partial charge in [0.1, 0.15) is 0 Å². The van der Waals surface area contributed by atoms with Gasteiger partial charge in [0.2, 0.25) is 5.91 Å². The number of aromatic nitrogens is 2. The number of nitrogens with one attached hydrogen (secondary N) is 2. The number of hydrogen-bond acceptors (Lipinski definition) is 2. The van der Waals surface area contributed by atoms with Crippen molar-refractivity contribution in [3.63, 3.8) is 0 Å². The predicted octanol–water partition coefficient (Wildman–Crippen LogP) is 5.45. The number of carbonyl (C=O) groups excluding carboxylic acids is 1. The van der Waals surface area contributed by atoms with E-state index in [0.29, 0.717) is 12.2 Å². The fraction of sp³-hybridized carbons (Fsp3) is 0.364. The Morgan fingerprint density at radius 2 is 1.85 bits per heavy atom. The van der Waals surface area contributed by atoms with E-state index < -0.39 is 0 Å². The minimum atomic E-state index is 0.0629. The molecule has 0 saturated heterocycles. The second kappa shape index (κ2) is 7.32. The molecule has 26 heavy (non-hydrogen) atoms. The number of fused-ring (bicyclic) bond motifs is 1. The quantitative estimate of drug-likeness (QED) is 0.645. The maximum atomic E-state index is 12.3. The first-order chi connectivity index (χ1) is 12.7. The molecule has 1 amide bonds. The van der Waals surface area contributed by atoms with Crippen molar-refractivity contribution in [1.82, 2.24) is 10.2 Å². The molecule has 4 heteroatoms. The topological polar surface area (TPSA) is 57.8 Å². The van der Waals surface area contributed by atoms with Crippen LogP contribution in [0.1, 0.15) is 44.1 Å². The summed E-state index contributed by atoms with van der Waals surface area (Å²) in [6.07, 6.45) is 6.77. The number of aromatic amines is 1. The number of hydrogen-bond donors (Lipinski definition) is 2. The zero-order valence-electron chi connectivity index (χ0n) is 15.2. The fourth-order valence-electron chi connectivity index (χ4n) is 3.87. The van der Waals surface area contributed by atoms with Gasteiger partial charge in [0.25, 0.3) is 0 Å². The van der Waals surface area contributed by atoms with Gasteiger partial charge in [-0.3, -0.25) is 9.89 Å². The minimum absolute atomic E-state index is 0.0629. The Hall–Kier alpha value is -2.62. The van der Waals surface area contributed by atoms with Gasteiger partial charge in [-0.05, 0) is 42.5 Å². The second-order valence-corrected chi connectivity index (χ2v) is 7.44. The summed E-state index contributed by atoms with van der Waals surface area (Å²) in [5.41, 5.74) is 4.50. The molecule has 1 heterocycles. The molecule has 0 atom stereocenters. The van der Waals surface area contributed by atoms with Crippen LogP contribution < -0.4 is 5.32 Å². The molecular formula is C22H25N3O. The largest absolute Gasteiger partial charge is 0.309 e. The molecule has 0 aliphatic heterocycles. The van der Waals surface area contributed by atoms with E-state index in [1.54, 1.807) is 0 Å². The van der Waals surface area contributed by atoms with Crippen LogP contribution in [0, 0.1) is 12.8 Å². The van der Waals surface area contributed by atoms with Crippen LogP contribution >= 0.6 is 0 Å². The lowest BCUT2D eigenvalue weighted by Gasteiger charge is -2.08. The van der Waals surface area contributed by atoms with Crippen molar-refractivity contribution in [3.8, 4) is 11.1 Å². The molecule has 1 aliphatic rings. The van der Waals surface area contributed by atoms with Gasteiger partial charge in [0.05, 0.1) is 5.52 Å². The zero-order valence-corrected chi connectivity index (χ0v) is 15.2. The smallest absolute Gasteiger partial charge is 0.225 e. The Kier molecular flexibility index (Phi) is 4.74. The Bertz CT molecular complexity index is 905. The van der Waals surface area contributed by atoms with E-state index in [1.165, 1.54) is 36.8 Å². The molecule has 2 aromatic carbocycles. The highest BCUT2D eigenvalue weighted by molar-refractivity contribution is 6.00. The molecule has 1 aromatic heterocycles. The molecular weight excluding hydrogens is 322 g/mol. The van der Waals surface area contributed by atoms with Crippen molar-refractivity contribution in [2.24, 2.45) is 5.92 Å². The van der Waals surface area contributed by atoms with Gasteiger partial charge in [-0.15, -0.1) is 0 Å². The molecule has 4 nitrogen and oxygen atoms in total. The summed E-state index contributed by atoms with van der Waals surface area (Å²) >= 11 is 0. The van der Waals surface area contributed by atoms with E-state index in [9.17, 15) is 4.79 Å². The van der Waals surface area contributed by atoms with E-state index in [0.717, 1.165) is 28.8 Å². The van der Waals surface area contributed by atoms with Gasteiger partial charge in [-0.2, -0.15) is 5.10 Å². The van der Waals surface area contributed by atoms with Gasteiger partial charge < -0.3 is 5.32 Å². The summed E-state index contributed by atoms with van der Waals surface area (Å²) in [6.45, 7) is 2.09. The van der Waals surface area contributed by atoms with E-state index in [4.69, 9.17) is 0 Å². The Labute approximate surface area is 154 Å². The van der Waals surface area contributed by atoms with Crippen LogP contribution in [0.15, 0.2) is 42.5 Å². The summed E-state index contributed by atoms with van der Waals surface area (Å²) in [5.74, 6) is 1.42. The molecule has 1 fully saturated rings.